The first-order valence-corrected chi connectivity index (χ1v) is 8.24. The van der Waals surface area contributed by atoms with E-state index in [1.54, 1.807) is 0 Å². The summed E-state index contributed by atoms with van der Waals surface area (Å²) in [5.41, 5.74) is 3.98. The molecule has 0 saturated heterocycles. The van der Waals surface area contributed by atoms with Gasteiger partial charge in [-0.3, -0.25) is 9.69 Å². The Balaban J connectivity index is 1.90. The zero-order chi connectivity index (χ0) is 17.7. The van der Waals surface area contributed by atoms with E-state index in [0.29, 0.717) is 11.6 Å². The number of nitrogens with zero attached hydrogens (tertiary/aromatic N) is 2. The summed E-state index contributed by atoms with van der Waals surface area (Å²) >= 11 is 6.08. The van der Waals surface area contributed by atoms with Gasteiger partial charge in [0.05, 0.1) is 6.54 Å². The fraction of sp³-hybridized carbons (Fsp3) is 0.316. The second kappa shape index (κ2) is 8.18. The van der Waals surface area contributed by atoms with Crippen molar-refractivity contribution in [2.75, 3.05) is 37.9 Å². The number of nitrogens with one attached hydrogen (secondary N) is 1. The van der Waals surface area contributed by atoms with Crippen LogP contribution in [-0.4, -0.2) is 38.5 Å². The van der Waals surface area contributed by atoms with Gasteiger partial charge in [0.15, 0.2) is 0 Å². The predicted octanol–water partition coefficient (Wildman–Crippen LogP) is 3.78. The Hall–Kier alpha value is -2.04. The summed E-state index contributed by atoms with van der Waals surface area (Å²) in [5, 5.41) is 3.57. The molecule has 24 heavy (non-hydrogen) atoms. The summed E-state index contributed by atoms with van der Waals surface area (Å²) < 4.78 is 0. The van der Waals surface area contributed by atoms with Gasteiger partial charge in [0.25, 0.3) is 0 Å². The van der Waals surface area contributed by atoms with Crippen molar-refractivity contribution >= 4 is 28.9 Å². The molecule has 1 amide bonds. The van der Waals surface area contributed by atoms with Crippen molar-refractivity contribution in [2.24, 2.45) is 0 Å². The van der Waals surface area contributed by atoms with Crippen LogP contribution in [0.1, 0.15) is 11.1 Å². The van der Waals surface area contributed by atoms with Gasteiger partial charge in [0, 0.05) is 37.0 Å². The molecule has 0 radical (unpaired) electrons. The van der Waals surface area contributed by atoms with E-state index in [-0.39, 0.29) is 5.91 Å². The Labute approximate surface area is 149 Å². The molecule has 0 aliphatic carbocycles. The van der Waals surface area contributed by atoms with E-state index >= 15 is 0 Å². The van der Waals surface area contributed by atoms with Crippen LogP contribution in [0.4, 0.5) is 11.4 Å². The molecule has 0 aliphatic rings. The highest BCUT2D eigenvalue weighted by atomic mass is 35.5. The molecule has 128 valence electrons. The number of amides is 1. The van der Waals surface area contributed by atoms with Gasteiger partial charge in [-0.1, -0.05) is 29.8 Å². The monoisotopic (exact) mass is 345 g/mol. The van der Waals surface area contributed by atoms with E-state index in [2.05, 4.69) is 34.5 Å². The lowest BCUT2D eigenvalue weighted by molar-refractivity contribution is -0.117. The third-order valence-electron chi connectivity index (χ3n) is 3.86. The summed E-state index contributed by atoms with van der Waals surface area (Å²) in [7, 11) is 5.97. The number of rotatable bonds is 6. The summed E-state index contributed by atoms with van der Waals surface area (Å²) in [6.07, 6.45) is 0. The van der Waals surface area contributed by atoms with Gasteiger partial charge in [-0.15, -0.1) is 0 Å². The number of hydrogen-bond acceptors (Lipinski definition) is 3. The highest BCUT2D eigenvalue weighted by molar-refractivity contribution is 6.31. The molecule has 0 atom stereocenters. The van der Waals surface area contributed by atoms with E-state index in [1.807, 2.05) is 51.2 Å². The fourth-order valence-electron chi connectivity index (χ4n) is 2.44. The lowest BCUT2D eigenvalue weighted by Gasteiger charge is -2.18. The zero-order valence-electron chi connectivity index (χ0n) is 14.6. The Morgan fingerprint density at radius 2 is 1.75 bits per heavy atom. The standard InChI is InChI=1S/C19H24ClN3O/c1-14-17(20)6-5-7-18(14)21-19(24)13-23(4)12-15-8-10-16(11-9-15)22(2)3/h5-11H,12-13H2,1-4H3,(H,21,24). The van der Waals surface area contributed by atoms with Gasteiger partial charge < -0.3 is 10.2 Å². The number of halogens is 1. The largest absolute Gasteiger partial charge is 0.378 e. The third-order valence-corrected chi connectivity index (χ3v) is 4.27. The minimum atomic E-state index is -0.0484. The number of likely N-dealkylation sites (N-methyl/N-ethyl adjacent to an activating group) is 1. The first-order valence-electron chi connectivity index (χ1n) is 7.86. The Kier molecular flexibility index (Phi) is 6.23. The van der Waals surface area contributed by atoms with Crippen LogP contribution in [0.2, 0.25) is 5.02 Å². The summed E-state index contributed by atoms with van der Waals surface area (Å²) in [6, 6.07) is 13.9. The molecule has 1 N–H and O–H groups in total. The maximum absolute atomic E-state index is 12.2. The first kappa shape index (κ1) is 18.3. The van der Waals surface area contributed by atoms with Gasteiger partial charge in [-0.25, -0.2) is 0 Å². The molecule has 0 saturated carbocycles. The van der Waals surface area contributed by atoms with E-state index in [9.17, 15) is 4.79 Å². The lowest BCUT2D eigenvalue weighted by atomic mass is 10.2. The Morgan fingerprint density at radius 1 is 1.08 bits per heavy atom. The van der Waals surface area contributed by atoms with Crippen LogP contribution < -0.4 is 10.2 Å². The number of carbonyl (C=O) groups excluding carboxylic acids is 1. The zero-order valence-corrected chi connectivity index (χ0v) is 15.4. The molecule has 0 bridgehead atoms. The molecular formula is C19H24ClN3O. The lowest BCUT2D eigenvalue weighted by Crippen LogP contribution is -2.30. The number of benzene rings is 2. The van der Waals surface area contributed by atoms with E-state index < -0.39 is 0 Å². The summed E-state index contributed by atoms with van der Waals surface area (Å²) in [6.45, 7) is 2.94. The number of hydrogen-bond donors (Lipinski definition) is 1. The van der Waals surface area contributed by atoms with Crippen LogP contribution >= 0.6 is 11.6 Å². The third kappa shape index (κ3) is 4.98. The van der Waals surface area contributed by atoms with Crippen molar-refractivity contribution in [3.8, 4) is 0 Å². The second-order valence-electron chi connectivity index (χ2n) is 6.19. The van der Waals surface area contributed by atoms with E-state index in [0.717, 1.165) is 23.5 Å². The number of anilines is 2. The normalized spacial score (nSPS) is 10.8. The smallest absolute Gasteiger partial charge is 0.238 e. The molecule has 0 aliphatic heterocycles. The van der Waals surface area contributed by atoms with Crippen molar-refractivity contribution in [1.29, 1.82) is 0 Å². The highest BCUT2D eigenvalue weighted by Crippen LogP contribution is 2.22. The average Bonchev–Trinajstić information content (AvgIpc) is 2.52. The molecule has 0 heterocycles. The molecule has 0 fully saturated rings. The van der Waals surface area contributed by atoms with Gasteiger partial charge >= 0.3 is 0 Å². The van der Waals surface area contributed by atoms with E-state index in [4.69, 9.17) is 11.6 Å². The maximum atomic E-state index is 12.2. The molecule has 5 heteroatoms. The fourth-order valence-corrected chi connectivity index (χ4v) is 2.62. The topological polar surface area (TPSA) is 35.6 Å². The average molecular weight is 346 g/mol. The van der Waals surface area contributed by atoms with Crippen LogP contribution in [0.3, 0.4) is 0 Å². The van der Waals surface area contributed by atoms with Crippen molar-refractivity contribution < 1.29 is 4.79 Å². The molecule has 0 spiro atoms. The SMILES string of the molecule is Cc1c(Cl)cccc1NC(=O)CN(C)Cc1ccc(N(C)C)cc1. The second-order valence-corrected chi connectivity index (χ2v) is 6.60. The van der Waals surface area contributed by atoms with Crippen molar-refractivity contribution in [3.63, 3.8) is 0 Å². The predicted molar refractivity (Wildman–Crippen MR) is 102 cm³/mol. The maximum Gasteiger partial charge on any atom is 0.238 e. The molecular weight excluding hydrogens is 322 g/mol. The van der Waals surface area contributed by atoms with E-state index in [1.165, 1.54) is 5.56 Å². The van der Waals surface area contributed by atoms with Gasteiger partial charge in [-0.05, 0) is 49.4 Å². The molecule has 2 aromatic carbocycles. The minimum absolute atomic E-state index is 0.0484. The van der Waals surface area contributed by atoms with Crippen LogP contribution in [0, 0.1) is 6.92 Å². The Morgan fingerprint density at radius 3 is 2.38 bits per heavy atom. The van der Waals surface area contributed by atoms with Crippen LogP contribution in [0.25, 0.3) is 0 Å². The van der Waals surface area contributed by atoms with Crippen LogP contribution in [0.15, 0.2) is 42.5 Å². The molecule has 0 aromatic heterocycles. The summed E-state index contributed by atoms with van der Waals surface area (Å²) in [5.74, 6) is -0.0484. The minimum Gasteiger partial charge on any atom is -0.378 e. The van der Waals surface area contributed by atoms with Crippen molar-refractivity contribution in [3.05, 3.63) is 58.6 Å². The highest BCUT2D eigenvalue weighted by Gasteiger charge is 2.10. The first-order chi connectivity index (χ1) is 11.4. The van der Waals surface area contributed by atoms with Crippen LogP contribution in [0.5, 0.6) is 0 Å². The van der Waals surface area contributed by atoms with Gasteiger partial charge in [0.2, 0.25) is 5.91 Å². The van der Waals surface area contributed by atoms with Gasteiger partial charge in [0.1, 0.15) is 0 Å². The quantitative estimate of drug-likeness (QED) is 0.865. The van der Waals surface area contributed by atoms with Gasteiger partial charge in [-0.2, -0.15) is 0 Å². The molecule has 2 aromatic rings. The van der Waals surface area contributed by atoms with Crippen molar-refractivity contribution in [2.45, 2.75) is 13.5 Å². The van der Waals surface area contributed by atoms with Crippen molar-refractivity contribution in [1.82, 2.24) is 4.90 Å². The molecule has 2 rings (SSSR count). The van der Waals surface area contributed by atoms with Crippen LogP contribution in [-0.2, 0) is 11.3 Å². The molecule has 4 nitrogen and oxygen atoms in total. The summed E-state index contributed by atoms with van der Waals surface area (Å²) in [4.78, 5) is 16.3. The Bertz CT molecular complexity index is 698. The molecule has 0 unspecified atom stereocenters. The number of carbonyl (C=O) groups is 1.